The molecule has 2 aliphatic rings. The maximum absolute atomic E-state index is 12.1. The topological polar surface area (TPSA) is 91.4 Å². The standard InChI is InChI=1S/C19H21NO7/c1-24-19(23)14-6-8-20(9-7-14)17(21)11-25-18(22)5-3-13-2-4-15-16(10-13)27-12-26-15/h2-5,10,14H,6-9,11-12H2,1H3. The molecule has 3 rings (SSSR count). The van der Waals surface area contributed by atoms with Crippen molar-refractivity contribution in [2.45, 2.75) is 12.8 Å². The van der Waals surface area contributed by atoms with E-state index < -0.39 is 5.97 Å². The number of fused-ring (bicyclic) bond motifs is 1. The van der Waals surface area contributed by atoms with E-state index in [2.05, 4.69) is 0 Å². The second kappa shape index (κ2) is 8.57. The Labute approximate surface area is 156 Å². The van der Waals surface area contributed by atoms with Crippen LogP contribution in [0.25, 0.3) is 6.08 Å². The number of nitrogens with zero attached hydrogens (tertiary/aromatic N) is 1. The van der Waals surface area contributed by atoms with E-state index in [0.29, 0.717) is 37.4 Å². The van der Waals surface area contributed by atoms with Crippen LogP contribution in [0.3, 0.4) is 0 Å². The van der Waals surface area contributed by atoms with E-state index in [1.807, 2.05) is 0 Å². The molecular weight excluding hydrogens is 354 g/mol. The number of carbonyl (C=O) groups is 3. The third-order valence-electron chi connectivity index (χ3n) is 4.53. The van der Waals surface area contributed by atoms with Gasteiger partial charge < -0.3 is 23.8 Å². The molecule has 2 aliphatic heterocycles. The largest absolute Gasteiger partial charge is 0.469 e. The van der Waals surface area contributed by atoms with Gasteiger partial charge in [-0.25, -0.2) is 4.79 Å². The highest BCUT2D eigenvalue weighted by Crippen LogP contribution is 2.32. The summed E-state index contributed by atoms with van der Waals surface area (Å²) in [6.45, 7) is 0.753. The maximum atomic E-state index is 12.1. The molecule has 1 amide bonds. The van der Waals surface area contributed by atoms with Crippen molar-refractivity contribution in [3.05, 3.63) is 29.8 Å². The molecule has 2 heterocycles. The Morgan fingerprint density at radius 2 is 1.93 bits per heavy atom. The molecule has 0 unspecified atom stereocenters. The molecule has 0 aromatic heterocycles. The molecule has 1 aromatic carbocycles. The lowest BCUT2D eigenvalue weighted by molar-refractivity contribution is -0.151. The van der Waals surface area contributed by atoms with Crippen LogP contribution in [0.15, 0.2) is 24.3 Å². The fourth-order valence-corrected chi connectivity index (χ4v) is 2.98. The highest BCUT2D eigenvalue weighted by molar-refractivity contribution is 5.89. The molecule has 1 fully saturated rings. The van der Waals surface area contributed by atoms with E-state index in [0.717, 1.165) is 5.56 Å². The van der Waals surface area contributed by atoms with Crippen molar-refractivity contribution in [3.8, 4) is 11.5 Å². The molecule has 27 heavy (non-hydrogen) atoms. The number of hydrogen-bond donors (Lipinski definition) is 0. The molecule has 0 saturated carbocycles. The van der Waals surface area contributed by atoms with E-state index >= 15 is 0 Å². The van der Waals surface area contributed by atoms with Crippen LogP contribution in [0.5, 0.6) is 11.5 Å². The fraction of sp³-hybridized carbons (Fsp3) is 0.421. The first kappa shape index (κ1) is 18.8. The average Bonchev–Trinajstić information content (AvgIpc) is 3.17. The minimum absolute atomic E-state index is 0.175. The van der Waals surface area contributed by atoms with E-state index in [1.165, 1.54) is 13.2 Å². The predicted molar refractivity (Wildman–Crippen MR) is 93.9 cm³/mol. The van der Waals surface area contributed by atoms with Crippen LogP contribution in [0.1, 0.15) is 18.4 Å². The van der Waals surface area contributed by atoms with Crippen molar-refractivity contribution >= 4 is 23.9 Å². The lowest BCUT2D eigenvalue weighted by Crippen LogP contribution is -2.42. The molecule has 8 nitrogen and oxygen atoms in total. The zero-order chi connectivity index (χ0) is 19.2. The number of esters is 2. The van der Waals surface area contributed by atoms with E-state index in [1.54, 1.807) is 29.2 Å². The van der Waals surface area contributed by atoms with Crippen LogP contribution >= 0.6 is 0 Å². The molecule has 8 heteroatoms. The van der Waals surface area contributed by atoms with Gasteiger partial charge in [0.05, 0.1) is 13.0 Å². The summed E-state index contributed by atoms with van der Waals surface area (Å²) in [7, 11) is 1.36. The lowest BCUT2D eigenvalue weighted by Gasteiger charge is -2.30. The Balaban J connectivity index is 1.42. The summed E-state index contributed by atoms with van der Waals surface area (Å²) < 4.78 is 20.2. The van der Waals surface area contributed by atoms with Gasteiger partial charge in [-0.2, -0.15) is 0 Å². The lowest BCUT2D eigenvalue weighted by atomic mass is 9.97. The molecule has 0 bridgehead atoms. The predicted octanol–water partition coefficient (Wildman–Crippen LogP) is 1.38. The van der Waals surface area contributed by atoms with Gasteiger partial charge in [-0.15, -0.1) is 0 Å². The summed E-state index contributed by atoms with van der Waals surface area (Å²) in [6, 6.07) is 5.30. The van der Waals surface area contributed by atoms with Crippen LogP contribution in [-0.2, 0) is 23.9 Å². The highest BCUT2D eigenvalue weighted by atomic mass is 16.7. The summed E-state index contributed by atoms with van der Waals surface area (Å²) in [4.78, 5) is 37.0. The number of benzene rings is 1. The number of ether oxygens (including phenoxy) is 4. The minimum atomic E-state index is -0.606. The Bertz CT molecular complexity index is 750. The zero-order valence-corrected chi connectivity index (χ0v) is 15.0. The number of rotatable bonds is 5. The summed E-state index contributed by atoms with van der Waals surface area (Å²) in [5.74, 6) is -0.0191. The van der Waals surface area contributed by atoms with Gasteiger partial charge >= 0.3 is 11.9 Å². The van der Waals surface area contributed by atoms with Gasteiger partial charge in [0.1, 0.15) is 0 Å². The number of carbonyl (C=O) groups excluding carboxylic acids is 3. The maximum Gasteiger partial charge on any atom is 0.331 e. The normalized spacial score (nSPS) is 16.4. The van der Waals surface area contributed by atoms with Crippen LogP contribution in [-0.4, -0.2) is 56.3 Å². The van der Waals surface area contributed by atoms with Crippen molar-refractivity contribution in [1.82, 2.24) is 4.90 Å². The van der Waals surface area contributed by atoms with Crippen molar-refractivity contribution in [2.75, 3.05) is 33.6 Å². The molecule has 0 atom stereocenters. The summed E-state index contributed by atoms with van der Waals surface area (Å²) in [6.07, 6.45) is 3.94. The van der Waals surface area contributed by atoms with Crippen LogP contribution in [0, 0.1) is 5.92 Å². The number of amides is 1. The minimum Gasteiger partial charge on any atom is -0.469 e. The first-order valence-electron chi connectivity index (χ1n) is 8.67. The number of hydrogen-bond acceptors (Lipinski definition) is 7. The van der Waals surface area contributed by atoms with Crippen molar-refractivity contribution in [1.29, 1.82) is 0 Å². The van der Waals surface area contributed by atoms with Gasteiger partial charge in [-0.05, 0) is 36.6 Å². The van der Waals surface area contributed by atoms with Crippen molar-refractivity contribution in [2.24, 2.45) is 5.92 Å². The monoisotopic (exact) mass is 375 g/mol. The summed E-state index contributed by atoms with van der Waals surface area (Å²) in [5.41, 5.74) is 0.757. The summed E-state index contributed by atoms with van der Waals surface area (Å²) >= 11 is 0. The SMILES string of the molecule is COC(=O)C1CCN(C(=O)COC(=O)C=Cc2ccc3c(c2)OCO3)CC1. The third kappa shape index (κ3) is 4.78. The second-order valence-electron chi connectivity index (χ2n) is 6.23. The Morgan fingerprint density at radius 3 is 2.67 bits per heavy atom. The fourth-order valence-electron chi connectivity index (χ4n) is 2.98. The molecule has 1 aromatic rings. The average molecular weight is 375 g/mol. The van der Waals surface area contributed by atoms with Crippen LogP contribution in [0.2, 0.25) is 0 Å². The number of methoxy groups -OCH3 is 1. The zero-order valence-electron chi connectivity index (χ0n) is 15.0. The molecule has 0 radical (unpaired) electrons. The molecule has 0 spiro atoms. The summed E-state index contributed by atoms with van der Waals surface area (Å²) in [5, 5.41) is 0. The first-order chi connectivity index (χ1) is 13.1. The number of piperidine rings is 1. The van der Waals surface area contributed by atoms with Crippen LogP contribution in [0.4, 0.5) is 0 Å². The van der Waals surface area contributed by atoms with Gasteiger partial charge in [0.15, 0.2) is 18.1 Å². The van der Waals surface area contributed by atoms with Crippen molar-refractivity contribution in [3.63, 3.8) is 0 Å². The van der Waals surface area contributed by atoms with E-state index in [-0.39, 0.29) is 31.2 Å². The molecule has 1 saturated heterocycles. The van der Waals surface area contributed by atoms with Gasteiger partial charge in [-0.1, -0.05) is 6.07 Å². The van der Waals surface area contributed by atoms with Gasteiger partial charge in [0.2, 0.25) is 6.79 Å². The van der Waals surface area contributed by atoms with E-state index in [4.69, 9.17) is 18.9 Å². The van der Waals surface area contributed by atoms with E-state index in [9.17, 15) is 14.4 Å². The van der Waals surface area contributed by atoms with Gasteiger partial charge in [-0.3, -0.25) is 9.59 Å². The molecular formula is C19H21NO7. The first-order valence-corrected chi connectivity index (χ1v) is 8.67. The van der Waals surface area contributed by atoms with Crippen molar-refractivity contribution < 1.29 is 33.3 Å². The highest BCUT2D eigenvalue weighted by Gasteiger charge is 2.28. The Morgan fingerprint density at radius 1 is 1.19 bits per heavy atom. The number of likely N-dealkylation sites (tertiary alicyclic amines) is 1. The van der Waals surface area contributed by atoms with Crippen LogP contribution < -0.4 is 9.47 Å². The van der Waals surface area contributed by atoms with Gasteiger partial charge in [0.25, 0.3) is 5.91 Å². The third-order valence-corrected chi connectivity index (χ3v) is 4.53. The Kier molecular flexibility index (Phi) is 5.95. The second-order valence-corrected chi connectivity index (χ2v) is 6.23. The smallest absolute Gasteiger partial charge is 0.331 e. The van der Waals surface area contributed by atoms with Gasteiger partial charge in [0, 0.05) is 19.2 Å². The molecule has 0 N–H and O–H groups in total. The Hall–Kier alpha value is -3.03. The molecule has 144 valence electrons. The molecule has 0 aliphatic carbocycles. The quantitative estimate of drug-likeness (QED) is 0.567.